The Kier molecular flexibility index (Phi) is 4.11. The average Bonchev–Trinajstić information content (AvgIpc) is 2.86. The number of methoxy groups -OCH3 is 1. The van der Waals surface area contributed by atoms with Crippen molar-refractivity contribution in [3.05, 3.63) is 42.0 Å². The fraction of sp³-hybridized carbons (Fsp3) is 0.231. The van der Waals surface area contributed by atoms with Crippen LogP contribution in [0.3, 0.4) is 0 Å². The van der Waals surface area contributed by atoms with Crippen LogP contribution in [-0.2, 0) is 11.3 Å². The molecule has 0 saturated carbocycles. The lowest BCUT2D eigenvalue weighted by molar-refractivity contribution is 0.183. The largest absolute Gasteiger partial charge is 0.383 e. The third-order valence-electron chi connectivity index (χ3n) is 2.54. The van der Waals surface area contributed by atoms with E-state index in [0.717, 1.165) is 5.69 Å². The third kappa shape index (κ3) is 3.30. The van der Waals surface area contributed by atoms with Crippen molar-refractivity contribution in [1.82, 2.24) is 9.78 Å². The second-order valence-electron chi connectivity index (χ2n) is 3.91. The van der Waals surface area contributed by atoms with Crippen molar-refractivity contribution in [2.75, 3.05) is 19.0 Å². The molecule has 0 amide bonds. The van der Waals surface area contributed by atoms with Crippen LogP contribution in [0.25, 0.3) is 0 Å². The zero-order chi connectivity index (χ0) is 13.7. The summed E-state index contributed by atoms with van der Waals surface area (Å²) < 4.78 is 19.7. The first-order chi connectivity index (χ1) is 9.22. The highest BCUT2D eigenvalue weighted by atomic mass is 19.1. The van der Waals surface area contributed by atoms with Crippen LogP contribution in [0, 0.1) is 17.1 Å². The molecule has 19 heavy (non-hydrogen) atoms. The molecule has 0 aliphatic heterocycles. The maximum absolute atomic E-state index is 13.0. The Bertz CT molecular complexity index is 603. The summed E-state index contributed by atoms with van der Waals surface area (Å²) in [6.07, 6.45) is 3.43. The van der Waals surface area contributed by atoms with Crippen molar-refractivity contribution in [2.24, 2.45) is 0 Å². The number of hydrogen-bond donors (Lipinski definition) is 1. The molecule has 6 heteroatoms. The van der Waals surface area contributed by atoms with Gasteiger partial charge in [-0.15, -0.1) is 0 Å². The number of anilines is 2. The van der Waals surface area contributed by atoms with E-state index in [1.54, 1.807) is 24.2 Å². The molecule has 0 fully saturated rings. The molecule has 0 radical (unpaired) electrons. The standard InChI is InChI=1S/C13H13FN4O/c1-19-5-4-18-9-12(8-16-18)17-13-3-2-11(14)6-10(13)7-15/h2-3,6,8-9,17H,4-5H2,1H3. The number of hydrogen-bond acceptors (Lipinski definition) is 4. The second-order valence-corrected chi connectivity index (χ2v) is 3.91. The van der Waals surface area contributed by atoms with Crippen LogP contribution in [0.4, 0.5) is 15.8 Å². The summed E-state index contributed by atoms with van der Waals surface area (Å²) in [5, 5.41) is 16.1. The highest BCUT2D eigenvalue weighted by Gasteiger charge is 2.05. The van der Waals surface area contributed by atoms with E-state index in [0.29, 0.717) is 18.8 Å². The molecule has 0 aliphatic rings. The molecule has 2 aromatic rings. The number of nitrogens with one attached hydrogen (secondary N) is 1. The first-order valence-corrected chi connectivity index (χ1v) is 5.71. The Balaban J connectivity index is 2.13. The molecular weight excluding hydrogens is 247 g/mol. The molecule has 2 rings (SSSR count). The summed E-state index contributed by atoms with van der Waals surface area (Å²) in [5.74, 6) is -0.433. The molecule has 1 heterocycles. The molecule has 0 aliphatic carbocycles. The number of rotatable bonds is 5. The maximum atomic E-state index is 13.0. The Morgan fingerprint density at radius 2 is 2.37 bits per heavy atom. The van der Waals surface area contributed by atoms with Crippen molar-refractivity contribution >= 4 is 11.4 Å². The normalized spacial score (nSPS) is 10.2. The molecule has 0 spiro atoms. The van der Waals surface area contributed by atoms with Gasteiger partial charge in [-0.2, -0.15) is 10.4 Å². The van der Waals surface area contributed by atoms with Crippen molar-refractivity contribution in [1.29, 1.82) is 5.26 Å². The highest BCUT2D eigenvalue weighted by Crippen LogP contribution is 2.20. The molecule has 0 saturated heterocycles. The van der Waals surface area contributed by atoms with Gasteiger partial charge in [0.1, 0.15) is 11.9 Å². The molecule has 5 nitrogen and oxygen atoms in total. The SMILES string of the molecule is COCCn1cc(Nc2ccc(F)cc2C#N)cn1. The summed E-state index contributed by atoms with van der Waals surface area (Å²) in [7, 11) is 1.63. The van der Waals surface area contributed by atoms with Crippen LogP contribution in [0.5, 0.6) is 0 Å². The summed E-state index contributed by atoms with van der Waals surface area (Å²) in [4.78, 5) is 0. The van der Waals surface area contributed by atoms with Crippen LogP contribution in [-0.4, -0.2) is 23.5 Å². The molecule has 1 aromatic heterocycles. The quantitative estimate of drug-likeness (QED) is 0.895. The van der Waals surface area contributed by atoms with Crippen LogP contribution >= 0.6 is 0 Å². The van der Waals surface area contributed by atoms with Crippen LogP contribution in [0.1, 0.15) is 5.56 Å². The van der Waals surface area contributed by atoms with E-state index in [1.807, 2.05) is 6.07 Å². The fourth-order valence-corrected chi connectivity index (χ4v) is 1.61. The van der Waals surface area contributed by atoms with Crippen molar-refractivity contribution in [2.45, 2.75) is 6.54 Å². The Morgan fingerprint density at radius 3 is 3.11 bits per heavy atom. The summed E-state index contributed by atoms with van der Waals surface area (Å²) >= 11 is 0. The predicted molar refractivity (Wildman–Crippen MR) is 68.5 cm³/mol. The van der Waals surface area contributed by atoms with Gasteiger partial charge in [-0.25, -0.2) is 4.39 Å². The topological polar surface area (TPSA) is 62.9 Å². The van der Waals surface area contributed by atoms with Gasteiger partial charge in [0.15, 0.2) is 0 Å². The van der Waals surface area contributed by atoms with Gasteiger partial charge in [-0.1, -0.05) is 0 Å². The zero-order valence-corrected chi connectivity index (χ0v) is 10.4. The highest BCUT2D eigenvalue weighted by molar-refractivity contribution is 5.65. The molecule has 0 atom stereocenters. The predicted octanol–water partition coefficient (Wildman–Crippen LogP) is 2.28. The van der Waals surface area contributed by atoms with Crippen molar-refractivity contribution in [3.8, 4) is 6.07 Å². The monoisotopic (exact) mass is 260 g/mol. The average molecular weight is 260 g/mol. The summed E-state index contributed by atoms with van der Waals surface area (Å²) in [5.41, 5.74) is 1.54. The minimum absolute atomic E-state index is 0.254. The van der Waals surface area contributed by atoms with E-state index >= 15 is 0 Å². The van der Waals surface area contributed by atoms with Crippen LogP contribution in [0.2, 0.25) is 0 Å². The summed E-state index contributed by atoms with van der Waals surface area (Å²) in [6, 6.07) is 5.97. The van der Waals surface area contributed by atoms with Gasteiger partial charge >= 0.3 is 0 Å². The van der Waals surface area contributed by atoms with E-state index in [9.17, 15) is 4.39 Å². The Labute approximate surface area is 110 Å². The lowest BCUT2D eigenvalue weighted by atomic mass is 10.2. The van der Waals surface area contributed by atoms with E-state index in [-0.39, 0.29) is 5.56 Å². The Hall–Kier alpha value is -2.39. The van der Waals surface area contributed by atoms with Gasteiger partial charge in [0.2, 0.25) is 0 Å². The molecule has 0 bridgehead atoms. The zero-order valence-electron chi connectivity index (χ0n) is 10.4. The lowest BCUT2D eigenvalue weighted by Crippen LogP contribution is -2.03. The van der Waals surface area contributed by atoms with Gasteiger partial charge in [0.25, 0.3) is 0 Å². The second kappa shape index (κ2) is 5.98. The number of halogens is 1. The maximum Gasteiger partial charge on any atom is 0.124 e. The van der Waals surface area contributed by atoms with Gasteiger partial charge < -0.3 is 10.1 Å². The minimum atomic E-state index is -0.433. The number of nitrogens with zero attached hydrogens (tertiary/aromatic N) is 3. The van der Waals surface area contributed by atoms with E-state index in [2.05, 4.69) is 10.4 Å². The van der Waals surface area contributed by atoms with Gasteiger partial charge in [0, 0.05) is 13.3 Å². The number of benzene rings is 1. The fourth-order valence-electron chi connectivity index (χ4n) is 1.61. The van der Waals surface area contributed by atoms with Gasteiger partial charge in [-0.05, 0) is 18.2 Å². The van der Waals surface area contributed by atoms with Crippen molar-refractivity contribution in [3.63, 3.8) is 0 Å². The van der Waals surface area contributed by atoms with Gasteiger partial charge in [-0.3, -0.25) is 4.68 Å². The third-order valence-corrected chi connectivity index (χ3v) is 2.54. The van der Waals surface area contributed by atoms with E-state index in [4.69, 9.17) is 10.00 Å². The lowest BCUT2D eigenvalue weighted by Gasteiger charge is -2.05. The van der Waals surface area contributed by atoms with E-state index < -0.39 is 5.82 Å². The number of ether oxygens (including phenoxy) is 1. The van der Waals surface area contributed by atoms with Gasteiger partial charge in [0.05, 0.1) is 36.3 Å². The molecule has 1 N–H and O–H groups in total. The molecule has 0 unspecified atom stereocenters. The minimum Gasteiger partial charge on any atom is -0.383 e. The van der Waals surface area contributed by atoms with E-state index in [1.165, 1.54) is 18.2 Å². The molecule has 1 aromatic carbocycles. The molecular formula is C13H13FN4O. The summed E-state index contributed by atoms with van der Waals surface area (Å²) in [6.45, 7) is 1.22. The molecule has 98 valence electrons. The number of nitriles is 1. The smallest absolute Gasteiger partial charge is 0.124 e. The van der Waals surface area contributed by atoms with Crippen molar-refractivity contribution < 1.29 is 9.13 Å². The van der Waals surface area contributed by atoms with Crippen LogP contribution < -0.4 is 5.32 Å². The Morgan fingerprint density at radius 1 is 1.53 bits per heavy atom. The van der Waals surface area contributed by atoms with Crippen LogP contribution in [0.15, 0.2) is 30.6 Å². The number of aromatic nitrogens is 2. The first-order valence-electron chi connectivity index (χ1n) is 5.71. The first kappa shape index (κ1) is 13.1.